The van der Waals surface area contributed by atoms with Gasteiger partial charge in [-0.3, -0.25) is 0 Å². The molecule has 0 heterocycles. The number of allylic oxidation sites excluding steroid dienone is 11. The first-order valence-corrected chi connectivity index (χ1v) is 9.00. The van der Waals surface area contributed by atoms with E-state index in [1.54, 1.807) is 12.2 Å². The first kappa shape index (κ1) is 21.9. The van der Waals surface area contributed by atoms with E-state index in [4.69, 9.17) is 5.11 Å². The maximum absolute atomic E-state index is 10.2. The molecular weight excluding hydrogens is 296 g/mol. The van der Waals surface area contributed by atoms with Gasteiger partial charge in [0.05, 0.1) is 0 Å². The molecule has 0 aromatic carbocycles. The Morgan fingerprint density at radius 1 is 0.667 bits per heavy atom. The van der Waals surface area contributed by atoms with E-state index >= 15 is 0 Å². The maximum Gasteiger partial charge on any atom is 0.328 e. The summed E-state index contributed by atoms with van der Waals surface area (Å²) in [6.07, 6.45) is 32.7. The Bertz CT molecular complexity index is 462. The average Bonchev–Trinajstić information content (AvgIpc) is 2.56. The molecule has 2 heteroatoms. The third kappa shape index (κ3) is 19.9. The van der Waals surface area contributed by atoms with Crippen LogP contribution in [0.15, 0.2) is 72.9 Å². The minimum absolute atomic E-state index is 0.936. The molecule has 0 fully saturated rings. The quantitative estimate of drug-likeness (QED) is 0.223. The summed E-state index contributed by atoms with van der Waals surface area (Å²) in [6.45, 7) is 2.25. The van der Waals surface area contributed by atoms with Crippen LogP contribution >= 0.6 is 0 Å². The summed E-state index contributed by atoms with van der Waals surface area (Å²) in [5.41, 5.74) is 0. The minimum atomic E-state index is -0.936. The Balaban J connectivity index is 3.57. The van der Waals surface area contributed by atoms with Crippen molar-refractivity contribution in [2.75, 3.05) is 0 Å². The second-order valence-corrected chi connectivity index (χ2v) is 5.58. The molecule has 0 aromatic heterocycles. The van der Waals surface area contributed by atoms with Crippen molar-refractivity contribution in [3.05, 3.63) is 72.9 Å². The Morgan fingerprint density at radius 2 is 1.12 bits per heavy atom. The molecule has 0 aliphatic heterocycles. The lowest BCUT2D eigenvalue weighted by Crippen LogP contribution is -1.84. The topological polar surface area (TPSA) is 37.3 Å². The molecule has 0 saturated heterocycles. The van der Waals surface area contributed by atoms with E-state index in [1.807, 2.05) is 36.5 Å². The maximum atomic E-state index is 10.2. The Morgan fingerprint density at radius 3 is 1.67 bits per heavy atom. The molecule has 1 N–H and O–H groups in total. The number of carboxylic acid groups (broad SMARTS) is 1. The van der Waals surface area contributed by atoms with E-state index in [9.17, 15) is 4.79 Å². The smallest absolute Gasteiger partial charge is 0.328 e. The van der Waals surface area contributed by atoms with E-state index in [-0.39, 0.29) is 0 Å². The summed E-state index contributed by atoms with van der Waals surface area (Å²) in [7, 11) is 0. The summed E-state index contributed by atoms with van der Waals surface area (Å²) in [5.74, 6) is -0.936. The van der Waals surface area contributed by atoms with Crippen molar-refractivity contribution in [2.45, 2.75) is 58.3 Å². The monoisotopic (exact) mass is 328 g/mol. The van der Waals surface area contributed by atoms with Gasteiger partial charge in [-0.05, 0) is 12.8 Å². The van der Waals surface area contributed by atoms with Gasteiger partial charge in [-0.15, -0.1) is 0 Å². The van der Waals surface area contributed by atoms with Crippen LogP contribution in [0.3, 0.4) is 0 Å². The molecule has 132 valence electrons. The van der Waals surface area contributed by atoms with Crippen LogP contribution in [0.1, 0.15) is 58.3 Å². The summed E-state index contributed by atoms with van der Waals surface area (Å²) in [4.78, 5) is 10.2. The molecule has 0 aliphatic rings. The molecule has 0 amide bonds. The van der Waals surface area contributed by atoms with Crippen molar-refractivity contribution in [2.24, 2.45) is 0 Å². The van der Waals surface area contributed by atoms with Gasteiger partial charge in [-0.2, -0.15) is 0 Å². The summed E-state index contributed by atoms with van der Waals surface area (Å²) >= 11 is 0. The molecule has 0 radical (unpaired) electrons. The second kappa shape index (κ2) is 19.0. The fourth-order valence-corrected chi connectivity index (χ4v) is 2.05. The van der Waals surface area contributed by atoms with Gasteiger partial charge in [0.1, 0.15) is 0 Å². The number of rotatable bonds is 14. The summed E-state index contributed by atoms with van der Waals surface area (Å²) in [5, 5.41) is 8.39. The summed E-state index contributed by atoms with van der Waals surface area (Å²) in [6, 6.07) is 0. The normalized spacial score (nSPS) is 13.0. The lowest BCUT2D eigenvalue weighted by Gasteiger charge is -1.98. The molecule has 0 bridgehead atoms. The predicted molar refractivity (Wildman–Crippen MR) is 105 cm³/mol. The van der Waals surface area contributed by atoms with Crippen molar-refractivity contribution < 1.29 is 9.90 Å². The number of hydrogen-bond donors (Lipinski definition) is 1. The van der Waals surface area contributed by atoms with E-state index in [2.05, 4.69) is 19.1 Å². The van der Waals surface area contributed by atoms with Gasteiger partial charge in [0.25, 0.3) is 0 Å². The van der Waals surface area contributed by atoms with Crippen LogP contribution in [0.25, 0.3) is 0 Å². The predicted octanol–water partition coefficient (Wildman–Crippen LogP) is 6.55. The average molecular weight is 328 g/mol. The lowest BCUT2D eigenvalue weighted by atomic mass is 10.1. The third-order valence-corrected chi connectivity index (χ3v) is 3.35. The molecule has 0 spiro atoms. The fraction of sp³-hybridized carbons (Fsp3) is 0.409. The van der Waals surface area contributed by atoms with Crippen molar-refractivity contribution in [1.82, 2.24) is 0 Å². The number of unbranched alkanes of at least 4 members (excludes halogenated alkanes) is 7. The van der Waals surface area contributed by atoms with Crippen molar-refractivity contribution in [3.63, 3.8) is 0 Å². The Kier molecular flexibility index (Phi) is 17.3. The van der Waals surface area contributed by atoms with Gasteiger partial charge in [0, 0.05) is 6.08 Å². The zero-order valence-electron chi connectivity index (χ0n) is 14.9. The molecule has 0 unspecified atom stereocenters. The van der Waals surface area contributed by atoms with Crippen LogP contribution in [0.2, 0.25) is 0 Å². The molecule has 0 rings (SSSR count). The van der Waals surface area contributed by atoms with E-state index < -0.39 is 5.97 Å². The van der Waals surface area contributed by atoms with Gasteiger partial charge < -0.3 is 5.11 Å². The largest absolute Gasteiger partial charge is 0.478 e. The number of aliphatic carboxylic acids is 1. The van der Waals surface area contributed by atoms with Crippen LogP contribution in [-0.2, 0) is 4.79 Å². The van der Waals surface area contributed by atoms with Crippen LogP contribution < -0.4 is 0 Å². The Hall–Kier alpha value is -2.09. The highest BCUT2D eigenvalue weighted by Gasteiger charge is 1.88. The highest BCUT2D eigenvalue weighted by atomic mass is 16.4. The first-order valence-electron chi connectivity index (χ1n) is 9.00. The van der Waals surface area contributed by atoms with Crippen LogP contribution in [0.5, 0.6) is 0 Å². The molecule has 0 atom stereocenters. The van der Waals surface area contributed by atoms with Crippen molar-refractivity contribution in [3.8, 4) is 0 Å². The zero-order valence-corrected chi connectivity index (χ0v) is 14.9. The van der Waals surface area contributed by atoms with Gasteiger partial charge in [0.15, 0.2) is 0 Å². The van der Waals surface area contributed by atoms with Crippen LogP contribution in [0.4, 0.5) is 0 Å². The van der Waals surface area contributed by atoms with Gasteiger partial charge in [-0.1, -0.05) is 112 Å². The molecular formula is C22H32O2. The van der Waals surface area contributed by atoms with Crippen molar-refractivity contribution >= 4 is 5.97 Å². The van der Waals surface area contributed by atoms with E-state index in [0.717, 1.165) is 12.5 Å². The number of carbonyl (C=O) groups is 1. The number of hydrogen-bond acceptors (Lipinski definition) is 1. The lowest BCUT2D eigenvalue weighted by molar-refractivity contribution is -0.131. The van der Waals surface area contributed by atoms with Crippen LogP contribution in [0, 0.1) is 0 Å². The van der Waals surface area contributed by atoms with Gasteiger partial charge in [0.2, 0.25) is 0 Å². The van der Waals surface area contributed by atoms with Crippen molar-refractivity contribution in [1.29, 1.82) is 0 Å². The van der Waals surface area contributed by atoms with Gasteiger partial charge in [-0.25, -0.2) is 4.79 Å². The minimum Gasteiger partial charge on any atom is -0.478 e. The second-order valence-electron chi connectivity index (χ2n) is 5.58. The SMILES string of the molecule is CCCCCCCCC\C=C/C=C/C=C/C=C/C=C/C=C/C(=O)O. The molecule has 24 heavy (non-hydrogen) atoms. The molecule has 2 nitrogen and oxygen atoms in total. The fourth-order valence-electron chi connectivity index (χ4n) is 2.05. The standard InChI is InChI=1S/C22H32O2/c1-2-3-4-5-6-7-8-9-10-11-12-13-14-15-16-17-18-19-20-21-22(23)24/h10-21H,2-9H2,1H3,(H,23,24)/b11-10-,13-12+,15-14+,17-16+,19-18+,21-20+. The number of carboxylic acids is 1. The van der Waals surface area contributed by atoms with E-state index in [1.165, 1.54) is 51.0 Å². The van der Waals surface area contributed by atoms with Gasteiger partial charge >= 0.3 is 5.97 Å². The summed E-state index contributed by atoms with van der Waals surface area (Å²) < 4.78 is 0. The van der Waals surface area contributed by atoms with E-state index in [0.29, 0.717) is 0 Å². The zero-order chi connectivity index (χ0) is 17.7. The highest BCUT2D eigenvalue weighted by molar-refractivity contribution is 5.80. The highest BCUT2D eigenvalue weighted by Crippen LogP contribution is 2.08. The molecule has 0 aliphatic carbocycles. The molecule has 0 saturated carbocycles. The third-order valence-electron chi connectivity index (χ3n) is 3.35. The Labute approximate surface area is 147 Å². The van der Waals surface area contributed by atoms with Crippen LogP contribution in [-0.4, -0.2) is 11.1 Å². The molecule has 0 aromatic rings. The first-order chi connectivity index (χ1) is 11.8.